The zero-order chi connectivity index (χ0) is 11.4. The fraction of sp³-hybridized carbons (Fsp3) is 0.667. The van der Waals surface area contributed by atoms with Gasteiger partial charge in [-0.3, -0.25) is 0 Å². The molecule has 1 aromatic rings. The topological polar surface area (TPSA) is 24.1 Å². The van der Waals surface area contributed by atoms with E-state index in [2.05, 4.69) is 16.7 Å². The molecule has 0 radical (unpaired) electrons. The monoisotopic (exact) mass is 258 g/mol. The van der Waals surface area contributed by atoms with Crippen LogP contribution in [0.15, 0.2) is 12.1 Å². The Kier molecular flexibility index (Phi) is 4.65. The molecular weight excluding hydrogens is 240 g/mol. The summed E-state index contributed by atoms with van der Waals surface area (Å²) >= 11 is 7.68. The molecule has 0 aliphatic carbocycles. The van der Waals surface area contributed by atoms with E-state index in [0.29, 0.717) is 6.04 Å². The van der Waals surface area contributed by atoms with Gasteiger partial charge in [0, 0.05) is 10.9 Å². The largest absolute Gasteiger partial charge is 0.317 e. The average Bonchev–Trinajstić information content (AvgIpc) is 2.74. The fourth-order valence-electron chi connectivity index (χ4n) is 2.34. The molecule has 1 fully saturated rings. The molecule has 0 bridgehead atoms. The Morgan fingerprint density at radius 1 is 1.50 bits per heavy atom. The second-order valence-electron chi connectivity index (χ2n) is 4.41. The molecule has 2 heterocycles. The van der Waals surface area contributed by atoms with E-state index in [9.17, 15) is 0 Å². The Morgan fingerprint density at radius 3 is 2.81 bits per heavy atom. The number of nitrogens with one attached hydrogen (secondary N) is 2. The van der Waals surface area contributed by atoms with Gasteiger partial charge in [0.2, 0.25) is 0 Å². The maximum Gasteiger partial charge on any atom is 0.0931 e. The van der Waals surface area contributed by atoms with Gasteiger partial charge in [-0.1, -0.05) is 11.6 Å². The number of hydrogen-bond donors (Lipinski definition) is 2. The Labute approximate surface area is 106 Å². The van der Waals surface area contributed by atoms with Gasteiger partial charge in [-0.05, 0) is 57.5 Å². The highest BCUT2D eigenvalue weighted by molar-refractivity contribution is 7.16. The lowest BCUT2D eigenvalue weighted by molar-refractivity contribution is 0.320. The minimum Gasteiger partial charge on any atom is -0.317 e. The maximum absolute atomic E-state index is 5.98. The van der Waals surface area contributed by atoms with Gasteiger partial charge in [-0.2, -0.15) is 0 Å². The summed E-state index contributed by atoms with van der Waals surface area (Å²) in [5.41, 5.74) is 0. The summed E-state index contributed by atoms with van der Waals surface area (Å²) in [6.45, 7) is 2.35. The number of piperidine rings is 1. The van der Waals surface area contributed by atoms with Gasteiger partial charge in [0.15, 0.2) is 0 Å². The first-order chi connectivity index (χ1) is 7.79. The van der Waals surface area contributed by atoms with Crippen LogP contribution in [0.3, 0.4) is 0 Å². The van der Waals surface area contributed by atoms with Crippen molar-refractivity contribution in [2.24, 2.45) is 5.92 Å². The molecule has 0 aromatic carbocycles. The highest BCUT2D eigenvalue weighted by atomic mass is 35.5. The van der Waals surface area contributed by atoms with Gasteiger partial charge in [-0.25, -0.2) is 0 Å². The van der Waals surface area contributed by atoms with Crippen LogP contribution in [0.4, 0.5) is 0 Å². The standard InChI is InChI=1S/C12H19ClN2S/c1-14-10(11-2-3-12(13)16-11)8-9-4-6-15-7-5-9/h2-3,9-10,14-15H,4-8H2,1H3. The van der Waals surface area contributed by atoms with Crippen molar-refractivity contribution in [2.75, 3.05) is 20.1 Å². The molecule has 1 aromatic heterocycles. The van der Waals surface area contributed by atoms with Crippen molar-refractivity contribution in [3.8, 4) is 0 Å². The summed E-state index contributed by atoms with van der Waals surface area (Å²) in [6.07, 6.45) is 3.84. The van der Waals surface area contributed by atoms with Crippen molar-refractivity contribution >= 4 is 22.9 Å². The van der Waals surface area contributed by atoms with Gasteiger partial charge in [0.25, 0.3) is 0 Å². The molecule has 0 amide bonds. The van der Waals surface area contributed by atoms with Crippen molar-refractivity contribution in [3.63, 3.8) is 0 Å². The van der Waals surface area contributed by atoms with E-state index >= 15 is 0 Å². The minimum absolute atomic E-state index is 0.473. The first-order valence-electron chi connectivity index (χ1n) is 5.93. The third kappa shape index (κ3) is 3.20. The zero-order valence-electron chi connectivity index (χ0n) is 9.63. The smallest absolute Gasteiger partial charge is 0.0931 e. The lowest BCUT2D eigenvalue weighted by atomic mass is 9.90. The summed E-state index contributed by atoms with van der Waals surface area (Å²) < 4.78 is 0.889. The summed E-state index contributed by atoms with van der Waals surface area (Å²) in [4.78, 5) is 1.37. The predicted molar refractivity (Wildman–Crippen MR) is 71.3 cm³/mol. The van der Waals surface area contributed by atoms with Crippen LogP contribution in [0.1, 0.15) is 30.2 Å². The highest BCUT2D eigenvalue weighted by Gasteiger charge is 2.19. The lowest BCUT2D eigenvalue weighted by Gasteiger charge is -2.26. The average molecular weight is 259 g/mol. The van der Waals surface area contributed by atoms with E-state index in [1.54, 1.807) is 11.3 Å². The van der Waals surface area contributed by atoms with Crippen molar-refractivity contribution in [1.82, 2.24) is 10.6 Å². The van der Waals surface area contributed by atoms with Gasteiger partial charge < -0.3 is 10.6 Å². The van der Waals surface area contributed by atoms with Crippen LogP contribution in [-0.4, -0.2) is 20.1 Å². The Bertz CT molecular complexity index is 321. The summed E-state index contributed by atoms with van der Waals surface area (Å²) in [7, 11) is 2.04. The van der Waals surface area contributed by atoms with E-state index in [1.807, 2.05) is 13.1 Å². The lowest BCUT2D eigenvalue weighted by Crippen LogP contribution is -2.30. The number of rotatable bonds is 4. The predicted octanol–water partition coefficient (Wildman–Crippen LogP) is 3.05. The SMILES string of the molecule is CNC(CC1CCNCC1)c1ccc(Cl)s1. The molecule has 90 valence electrons. The van der Waals surface area contributed by atoms with E-state index in [4.69, 9.17) is 11.6 Å². The van der Waals surface area contributed by atoms with Crippen LogP contribution < -0.4 is 10.6 Å². The molecule has 1 saturated heterocycles. The Balaban J connectivity index is 1.94. The second-order valence-corrected chi connectivity index (χ2v) is 6.16. The van der Waals surface area contributed by atoms with E-state index in [1.165, 1.54) is 37.2 Å². The minimum atomic E-state index is 0.473. The van der Waals surface area contributed by atoms with Crippen molar-refractivity contribution in [3.05, 3.63) is 21.3 Å². The van der Waals surface area contributed by atoms with Crippen LogP contribution in [0, 0.1) is 5.92 Å². The van der Waals surface area contributed by atoms with E-state index in [-0.39, 0.29) is 0 Å². The molecule has 4 heteroatoms. The molecule has 1 unspecified atom stereocenters. The van der Waals surface area contributed by atoms with Gasteiger partial charge in [0.05, 0.1) is 4.34 Å². The zero-order valence-corrected chi connectivity index (χ0v) is 11.2. The summed E-state index contributed by atoms with van der Waals surface area (Å²) in [6, 6.07) is 4.62. The molecule has 0 spiro atoms. The molecule has 1 aliphatic heterocycles. The number of thiophene rings is 1. The first-order valence-corrected chi connectivity index (χ1v) is 7.12. The van der Waals surface area contributed by atoms with Crippen molar-refractivity contribution in [2.45, 2.75) is 25.3 Å². The molecule has 2 nitrogen and oxygen atoms in total. The maximum atomic E-state index is 5.98. The third-order valence-corrected chi connectivity index (χ3v) is 4.66. The number of hydrogen-bond acceptors (Lipinski definition) is 3. The molecule has 1 aliphatic rings. The van der Waals surface area contributed by atoms with E-state index in [0.717, 1.165) is 10.3 Å². The number of halogens is 1. The molecule has 2 N–H and O–H groups in total. The Hall–Kier alpha value is -0.0900. The van der Waals surface area contributed by atoms with Crippen LogP contribution in [0.2, 0.25) is 4.34 Å². The van der Waals surface area contributed by atoms with Gasteiger partial charge in [0.1, 0.15) is 0 Å². The second kappa shape index (κ2) is 6.01. The summed E-state index contributed by atoms with van der Waals surface area (Å²) in [5.74, 6) is 0.847. The molecule has 1 atom stereocenters. The molecular formula is C12H19ClN2S. The molecule has 16 heavy (non-hydrogen) atoms. The van der Waals surface area contributed by atoms with Gasteiger partial charge in [-0.15, -0.1) is 11.3 Å². The first kappa shape index (κ1) is 12.4. The van der Waals surface area contributed by atoms with Crippen LogP contribution in [-0.2, 0) is 0 Å². The Morgan fingerprint density at radius 2 is 2.25 bits per heavy atom. The highest BCUT2D eigenvalue weighted by Crippen LogP contribution is 2.32. The third-order valence-electron chi connectivity index (χ3n) is 3.31. The van der Waals surface area contributed by atoms with Crippen LogP contribution >= 0.6 is 22.9 Å². The molecule has 0 saturated carbocycles. The molecule has 2 rings (SSSR count). The van der Waals surface area contributed by atoms with Crippen LogP contribution in [0.5, 0.6) is 0 Å². The van der Waals surface area contributed by atoms with Gasteiger partial charge >= 0.3 is 0 Å². The van der Waals surface area contributed by atoms with Crippen LogP contribution in [0.25, 0.3) is 0 Å². The summed E-state index contributed by atoms with van der Waals surface area (Å²) in [5, 5.41) is 6.82. The quantitative estimate of drug-likeness (QED) is 0.868. The fourth-order valence-corrected chi connectivity index (χ4v) is 3.53. The van der Waals surface area contributed by atoms with E-state index < -0.39 is 0 Å². The van der Waals surface area contributed by atoms with Crippen molar-refractivity contribution in [1.29, 1.82) is 0 Å². The normalized spacial score (nSPS) is 19.9. The van der Waals surface area contributed by atoms with Crippen molar-refractivity contribution < 1.29 is 0 Å².